The lowest BCUT2D eigenvalue weighted by atomic mass is 10.5. The van der Waals surface area contributed by atoms with Crippen LogP contribution < -0.4 is 11.4 Å². The molecule has 1 N–H and O–H groups in total. The molecular formula is C9H11N5O2. The van der Waals surface area contributed by atoms with Gasteiger partial charge in [-0.2, -0.15) is 10.1 Å². The Kier molecular flexibility index (Phi) is 2.67. The second-order valence-corrected chi connectivity index (χ2v) is 3.25. The van der Waals surface area contributed by atoms with Crippen LogP contribution in [0.5, 0.6) is 0 Å². The molecule has 0 bridgehead atoms. The highest BCUT2D eigenvalue weighted by Crippen LogP contribution is 1.91. The molecule has 2 aromatic heterocycles. The van der Waals surface area contributed by atoms with E-state index in [1.807, 2.05) is 6.92 Å². The van der Waals surface area contributed by atoms with Gasteiger partial charge in [-0.25, -0.2) is 18.8 Å². The molecule has 0 spiro atoms. The van der Waals surface area contributed by atoms with Gasteiger partial charge in [0.25, 0.3) is 0 Å². The molecular weight excluding hydrogens is 210 g/mol. The highest BCUT2D eigenvalue weighted by molar-refractivity contribution is 5.05. The van der Waals surface area contributed by atoms with Crippen LogP contribution in [0.3, 0.4) is 0 Å². The van der Waals surface area contributed by atoms with Crippen molar-refractivity contribution in [3.8, 4) is 5.95 Å². The molecule has 16 heavy (non-hydrogen) atoms. The van der Waals surface area contributed by atoms with Gasteiger partial charge in [0.2, 0.25) is 5.95 Å². The SMILES string of the molecule is CCCn1c(=O)nc(-n2cccn2)[nH]c1=O. The lowest BCUT2D eigenvalue weighted by Gasteiger charge is -2.03. The number of hydrogen-bond acceptors (Lipinski definition) is 4. The van der Waals surface area contributed by atoms with Crippen molar-refractivity contribution in [3.05, 3.63) is 39.4 Å². The van der Waals surface area contributed by atoms with E-state index < -0.39 is 11.4 Å². The zero-order chi connectivity index (χ0) is 11.5. The van der Waals surface area contributed by atoms with Gasteiger partial charge in [-0.05, 0) is 12.5 Å². The molecule has 0 fully saturated rings. The predicted molar refractivity (Wildman–Crippen MR) is 56.5 cm³/mol. The van der Waals surface area contributed by atoms with Crippen molar-refractivity contribution >= 4 is 0 Å². The summed E-state index contributed by atoms with van der Waals surface area (Å²) in [4.78, 5) is 29.4. The summed E-state index contributed by atoms with van der Waals surface area (Å²) in [5.41, 5.74) is -1.02. The van der Waals surface area contributed by atoms with Crippen molar-refractivity contribution in [2.24, 2.45) is 0 Å². The highest BCUT2D eigenvalue weighted by atomic mass is 16.2. The summed E-state index contributed by atoms with van der Waals surface area (Å²) >= 11 is 0. The van der Waals surface area contributed by atoms with Crippen molar-refractivity contribution in [1.82, 2.24) is 24.3 Å². The molecule has 0 saturated carbocycles. The third kappa shape index (κ3) is 1.79. The minimum absolute atomic E-state index is 0.132. The van der Waals surface area contributed by atoms with Crippen LogP contribution in [0.2, 0.25) is 0 Å². The molecule has 0 aliphatic rings. The van der Waals surface area contributed by atoms with Gasteiger partial charge in [0.05, 0.1) is 0 Å². The number of nitrogens with zero attached hydrogens (tertiary/aromatic N) is 4. The van der Waals surface area contributed by atoms with Gasteiger partial charge in [0.1, 0.15) is 0 Å². The average molecular weight is 221 g/mol. The van der Waals surface area contributed by atoms with Crippen molar-refractivity contribution < 1.29 is 0 Å². The number of H-pyrrole nitrogens is 1. The van der Waals surface area contributed by atoms with Gasteiger partial charge in [-0.15, -0.1) is 0 Å². The van der Waals surface area contributed by atoms with Gasteiger partial charge >= 0.3 is 11.4 Å². The third-order valence-electron chi connectivity index (χ3n) is 2.06. The van der Waals surface area contributed by atoms with E-state index in [4.69, 9.17) is 0 Å². The standard InChI is InChI=1S/C9H11N5O2/c1-2-5-13-8(15)11-7(12-9(13)16)14-6-3-4-10-14/h3-4,6H,2,5H2,1H3,(H,11,12,15,16). The molecule has 0 atom stereocenters. The number of aromatic nitrogens is 5. The monoisotopic (exact) mass is 221 g/mol. The summed E-state index contributed by atoms with van der Waals surface area (Å²) in [6.45, 7) is 2.24. The third-order valence-corrected chi connectivity index (χ3v) is 2.06. The van der Waals surface area contributed by atoms with Crippen LogP contribution in [-0.2, 0) is 6.54 Å². The zero-order valence-corrected chi connectivity index (χ0v) is 8.75. The molecule has 7 nitrogen and oxygen atoms in total. The molecule has 2 aromatic rings. The Balaban J connectivity index is 2.54. The quantitative estimate of drug-likeness (QED) is 0.759. The molecule has 0 radical (unpaired) electrons. The van der Waals surface area contributed by atoms with E-state index >= 15 is 0 Å². The van der Waals surface area contributed by atoms with E-state index in [2.05, 4.69) is 15.1 Å². The molecule has 2 rings (SSSR count). The molecule has 84 valence electrons. The normalized spacial score (nSPS) is 10.6. The molecule has 0 saturated heterocycles. The second-order valence-electron chi connectivity index (χ2n) is 3.25. The van der Waals surface area contributed by atoms with Crippen LogP contribution in [0.4, 0.5) is 0 Å². The van der Waals surface area contributed by atoms with Gasteiger partial charge < -0.3 is 0 Å². The lowest BCUT2D eigenvalue weighted by molar-refractivity contribution is 0.582. The van der Waals surface area contributed by atoms with Crippen molar-refractivity contribution in [3.63, 3.8) is 0 Å². The largest absolute Gasteiger partial charge is 0.354 e. The Hall–Kier alpha value is -2.18. The Bertz CT molecular complexity index is 549. The fourth-order valence-corrected chi connectivity index (χ4v) is 1.35. The number of rotatable bonds is 3. The van der Waals surface area contributed by atoms with Crippen molar-refractivity contribution in [2.45, 2.75) is 19.9 Å². The fraction of sp³-hybridized carbons (Fsp3) is 0.333. The molecule has 0 aliphatic carbocycles. The van der Waals surface area contributed by atoms with E-state index in [0.717, 1.165) is 4.57 Å². The maximum Gasteiger partial charge on any atom is 0.354 e. The minimum Gasteiger partial charge on any atom is -0.275 e. The van der Waals surface area contributed by atoms with E-state index in [9.17, 15) is 9.59 Å². The van der Waals surface area contributed by atoms with E-state index in [-0.39, 0.29) is 5.95 Å². The maximum absolute atomic E-state index is 11.6. The summed E-state index contributed by atoms with van der Waals surface area (Å²) < 4.78 is 2.39. The minimum atomic E-state index is -0.559. The van der Waals surface area contributed by atoms with Gasteiger partial charge in [0, 0.05) is 18.9 Å². The highest BCUT2D eigenvalue weighted by Gasteiger charge is 2.06. The molecule has 0 aliphatic heterocycles. The van der Waals surface area contributed by atoms with Crippen LogP contribution in [0.15, 0.2) is 28.0 Å². The first-order valence-corrected chi connectivity index (χ1v) is 4.93. The average Bonchev–Trinajstić information content (AvgIpc) is 2.76. The number of nitrogens with one attached hydrogen (secondary N) is 1. The number of hydrogen-bond donors (Lipinski definition) is 1. The van der Waals surface area contributed by atoms with Gasteiger partial charge in [-0.3, -0.25) is 4.98 Å². The molecule has 0 aromatic carbocycles. The summed E-state index contributed by atoms with van der Waals surface area (Å²) in [6, 6.07) is 1.68. The zero-order valence-electron chi connectivity index (χ0n) is 8.75. The second kappa shape index (κ2) is 4.13. The fourth-order valence-electron chi connectivity index (χ4n) is 1.35. The smallest absolute Gasteiger partial charge is 0.275 e. The molecule has 7 heteroatoms. The lowest BCUT2D eigenvalue weighted by Crippen LogP contribution is -2.38. The summed E-state index contributed by atoms with van der Waals surface area (Å²) in [7, 11) is 0. The Morgan fingerprint density at radius 2 is 2.25 bits per heavy atom. The van der Waals surface area contributed by atoms with Crippen molar-refractivity contribution in [1.29, 1.82) is 0 Å². The van der Waals surface area contributed by atoms with Crippen LogP contribution in [0.1, 0.15) is 13.3 Å². The van der Waals surface area contributed by atoms with Crippen LogP contribution >= 0.6 is 0 Å². The van der Waals surface area contributed by atoms with Crippen LogP contribution in [0, 0.1) is 0 Å². The summed E-state index contributed by atoms with van der Waals surface area (Å²) in [5.74, 6) is 0.132. The maximum atomic E-state index is 11.6. The molecule has 0 amide bonds. The Morgan fingerprint density at radius 3 is 2.81 bits per heavy atom. The van der Waals surface area contributed by atoms with Crippen LogP contribution in [0.25, 0.3) is 5.95 Å². The topological polar surface area (TPSA) is 85.6 Å². The van der Waals surface area contributed by atoms with Crippen molar-refractivity contribution in [2.75, 3.05) is 0 Å². The summed E-state index contributed by atoms with van der Waals surface area (Å²) in [6.07, 6.45) is 3.84. The Labute approximate surface area is 90.4 Å². The van der Waals surface area contributed by atoms with E-state index in [0.29, 0.717) is 13.0 Å². The first-order chi connectivity index (χ1) is 7.72. The van der Waals surface area contributed by atoms with E-state index in [1.165, 1.54) is 10.9 Å². The molecule has 0 unspecified atom stereocenters. The van der Waals surface area contributed by atoms with Gasteiger partial charge in [0.15, 0.2) is 0 Å². The summed E-state index contributed by atoms with van der Waals surface area (Å²) in [5, 5.41) is 3.88. The first-order valence-electron chi connectivity index (χ1n) is 4.93. The number of aromatic amines is 1. The van der Waals surface area contributed by atoms with Gasteiger partial charge in [-0.1, -0.05) is 6.92 Å². The van der Waals surface area contributed by atoms with Crippen LogP contribution in [-0.4, -0.2) is 24.3 Å². The Morgan fingerprint density at radius 1 is 1.44 bits per heavy atom. The van der Waals surface area contributed by atoms with E-state index in [1.54, 1.807) is 12.3 Å². The predicted octanol–water partition coefficient (Wildman–Crippen LogP) is -0.473. The first kappa shape index (κ1) is 10.3. The molecule has 2 heterocycles.